The van der Waals surface area contributed by atoms with Crippen LogP contribution >= 0.6 is 11.3 Å². The summed E-state index contributed by atoms with van der Waals surface area (Å²) in [4.78, 5) is 4.57. The highest BCUT2D eigenvalue weighted by molar-refractivity contribution is 7.14. The Morgan fingerprint density at radius 3 is 2.52 bits per heavy atom. The van der Waals surface area contributed by atoms with Crippen LogP contribution in [-0.4, -0.2) is 23.9 Å². The molecular weight excluding hydrogens is 358 g/mol. The second-order valence-electron chi connectivity index (χ2n) is 6.89. The minimum Gasteiger partial charge on any atom is -0.496 e. The Morgan fingerprint density at radius 1 is 1.07 bits per heavy atom. The largest absolute Gasteiger partial charge is 0.496 e. The second-order valence-corrected chi connectivity index (χ2v) is 7.75. The van der Waals surface area contributed by atoms with Gasteiger partial charge in [-0.15, -0.1) is 11.3 Å². The predicted molar refractivity (Wildman–Crippen MR) is 112 cm³/mol. The molecule has 0 unspecified atom stereocenters. The molecule has 6 heteroatoms. The normalized spacial score (nSPS) is 11.6. The number of aromatic nitrogens is 1. The van der Waals surface area contributed by atoms with E-state index in [0.29, 0.717) is 0 Å². The van der Waals surface area contributed by atoms with Crippen molar-refractivity contribution in [3.05, 3.63) is 59.5 Å². The fourth-order valence-electron chi connectivity index (χ4n) is 2.44. The number of ether oxygens (including phenoxy) is 2. The number of methoxy groups -OCH3 is 1. The quantitative estimate of drug-likeness (QED) is 0.456. The summed E-state index contributed by atoms with van der Waals surface area (Å²) in [6, 6.07) is 15.6. The summed E-state index contributed by atoms with van der Waals surface area (Å²) in [6.07, 6.45) is 1.76. The first-order chi connectivity index (χ1) is 12.9. The number of benzene rings is 2. The van der Waals surface area contributed by atoms with E-state index in [1.807, 2.05) is 74.7 Å². The maximum Gasteiger partial charge on any atom is 0.203 e. The van der Waals surface area contributed by atoms with Gasteiger partial charge in [-0.1, -0.05) is 12.1 Å². The molecule has 0 aliphatic heterocycles. The molecule has 0 aliphatic carbocycles. The van der Waals surface area contributed by atoms with E-state index < -0.39 is 0 Å². The van der Waals surface area contributed by atoms with Crippen LogP contribution in [0.25, 0.3) is 11.3 Å². The molecule has 1 N–H and O–H groups in total. The number of rotatable bonds is 6. The van der Waals surface area contributed by atoms with Crippen LogP contribution in [0.1, 0.15) is 26.3 Å². The molecular formula is C21H23N3O2S. The average Bonchev–Trinajstić information content (AvgIpc) is 3.10. The van der Waals surface area contributed by atoms with Gasteiger partial charge in [-0.2, -0.15) is 5.10 Å². The Bertz CT molecular complexity index is 912. The molecule has 0 aliphatic rings. The van der Waals surface area contributed by atoms with Gasteiger partial charge in [0.2, 0.25) is 5.13 Å². The third kappa shape index (κ3) is 5.31. The Morgan fingerprint density at radius 2 is 1.81 bits per heavy atom. The molecule has 0 spiro atoms. The van der Waals surface area contributed by atoms with E-state index >= 15 is 0 Å². The van der Waals surface area contributed by atoms with Gasteiger partial charge in [0.15, 0.2) is 0 Å². The standard InChI is InChI=1S/C21H23N3O2S/c1-21(2,3)26-16-11-9-15(10-12-16)13-22-24-20-23-18(14-27-20)17-7-5-6-8-19(17)25-4/h5-14H,1-4H3,(H,23,24)/b22-13-. The highest BCUT2D eigenvalue weighted by Crippen LogP contribution is 2.31. The van der Waals surface area contributed by atoms with Crippen molar-refractivity contribution in [1.82, 2.24) is 4.98 Å². The summed E-state index contributed by atoms with van der Waals surface area (Å²) < 4.78 is 11.2. The van der Waals surface area contributed by atoms with Crippen LogP contribution in [0.5, 0.6) is 11.5 Å². The van der Waals surface area contributed by atoms with Crippen molar-refractivity contribution in [2.24, 2.45) is 5.10 Å². The summed E-state index contributed by atoms with van der Waals surface area (Å²) in [6.45, 7) is 6.08. The molecule has 1 heterocycles. The number of hydrogen-bond donors (Lipinski definition) is 1. The van der Waals surface area contributed by atoms with Crippen molar-refractivity contribution in [3.63, 3.8) is 0 Å². The first kappa shape index (κ1) is 18.9. The van der Waals surface area contributed by atoms with Crippen molar-refractivity contribution in [3.8, 4) is 22.8 Å². The van der Waals surface area contributed by atoms with E-state index in [1.54, 1.807) is 13.3 Å². The zero-order valence-corrected chi connectivity index (χ0v) is 16.7. The van der Waals surface area contributed by atoms with Crippen molar-refractivity contribution in [2.75, 3.05) is 12.5 Å². The predicted octanol–water partition coefficient (Wildman–Crippen LogP) is 5.44. The van der Waals surface area contributed by atoms with Crippen LogP contribution in [0, 0.1) is 0 Å². The highest BCUT2D eigenvalue weighted by Gasteiger charge is 2.11. The number of hydrogen-bond acceptors (Lipinski definition) is 6. The maximum atomic E-state index is 5.82. The fraction of sp³-hybridized carbons (Fsp3) is 0.238. The van der Waals surface area contributed by atoms with Crippen molar-refractivity contribution >= 4 is 22.7 Å². The van der Waals surface area contributed by atoms with Crippen molar-refractivity contribution < 1.29 is 9.47 Å². The lowest BCUT2D eigenvalue weighted by Crippen LogP contribution is -2.22. The Kier molecular flexibility index (Phi) is 5.76. The molecule has 0 fully saturated rings. The third-order valence-corrected chi connectivity index (χ3v) is 4.31. The van der Waals surface area contributed by atoms with Crippen LogP contribution in [0.15, 0.2) is 59.0 Å². The summed E-state index contributed by atoms with van der Waals surface area (Å²) in [7, 11) is 1.66. The van der Waals surface area contributed by atoms with E-state index in [1.165, 1.54) is 11.3 Å². The first-order valence-electron chi connectivity index (χ1n) is 8.62. The number of para-hydroxylation sites is 1. The monoisotopic (exact) mass is 381 g/mol. The number of nitrogens with zero attached hydrogens (tertiary/aromatic N) is 2. The second kappa shape index (κ2) is 8.22. The molecule has 0 radical (unpaired) electrons. The van der Waals surface area contributed by atoms with E-state index in [0.717, 1.165) is 33.5 Å². The zero-order chi connectivity index (χ0) is 19.3. The number of thiazole rings is 1. The van der Waals surface area contributed by atoms with Gasteiger partial charge in [-0.3, -0.25) is 5.43 Å². The molecule has 2 aromatic carbocycles. The molecule has 140 valence electrons. The van der Waals surface area contributed by atoms with Crippen LogP contribution in [-0.2, 0) is 0 Å². The molecule has 5 nitrogen and oxygen atoms in total. The minimum absolute atomic E-state index is 0.207. The van der Waals surface area contributed by atoms with Gasteiger partial charge >= 0.3 is 0 Å². The molecule has 0 bridgehead atoms. The Labute approximate surface area is 163 Å². The summed E-state index contributed by atoms with van der Waals surface area (Å²) in [5, 5.41) is 6.97. The van der Waals surface area contributed by atoms with Crippen LogP contribution < -0.4 is 14.9 Å². The van der Waals surface area contributed by atoms with E-state index in [2.05, 4.69) is 15.5 Å². The molecule has 0 saturated carbocycles. The van der Waals surface area contributed by atoms with Gasteiger partial charge in [0.05, 0.1) is 19.0 Å². The van der Waals surface area contributed by atoms with E-state index in [9.17, 15) is 0 Å². The molecule has 3 rings (SSSR count). The number of hydrazone groups is 1. The van der Waals surface area contributed by atoms with Gasteiger partial charge in [0.25, 0.3) is 0 Å². The first-order valence-corrected chi connectivity index (χ1v) is 9.50. The highest BCUT2D eigenvalue weighted by atomic mass is 32.1. The number of anilines is 1. The zero-order valence-electron chi connectivity index (χ0n) is 15.9. The van der Waals surface area contributed by atoms with Crippen LogP contribution in [0.3, 0.4) is 0 Å². The maximum absolute atomic E-state index is 5.82. The summed E-state index contributed by atoms with van der Waals surface area (Å²) in [5.41, 5.74) is 5.57. The van der Waals surface area contributed by atoms with E-state index in [4.69, 9.17) is 9.47 Å². The van der Waals surface area contributed by atoms with Gasteiger partial charge in [-0.25, -0.2) is 4.98 Å². The summed E-state index contributed by atoms with van der Waals surface area (Å²) >= 11 is 1.50. The lowest BCUT2D eigenvalue weighted by atomic mass is 10.1. The number of nitrogens with one attached hydrogen (secondary N) is 1. The SMILES string of the molecule is COc1ccccc1-c1csc(N/N=C\c2ccc(OC(C)(C)C)cc2)n1. The third-order valence-electron chi connectivity index (χ3n) is 3.57. The van der Waals surface area contributed by atoms with Crippen molar-refractivity contribution in [2.45, 2.75) is 26.4 Å². The average molecular weight is 382 g/mol. The molecule has 0 saturated heterocycles. The fourth-order valence-corrected chi connectivity index (χ4v) is 3.10. The lowest BCUT2D eigenvalue weighted by Gasteiger charge is -2.21. The molecule has 27 heavy (non-hydrogen) atoms. The molecule has 0 amide bonds. The Balaban J connectivity index is 1.63. The Hall–Kier alpha value is -2.86. The molecule has 1 aromatic heterocycles. The van der Waals surface area contributed by atoms with Crippen molar-refractivity contribution in [1.29, 1.82) is 0 Å². The van der Waals surface area contributed by atoms with Gasteiger partial charge in [0.1, 0.15) is 17.1 Å². The van der Waals surface area contributed by atoms with E-state index in [-0.39, 0.29) is 5.60 Å². The van der Waals surface area contributed by atoms with Crippen LogP contribution in [0.2, 0.25) is 0 Å². The topological polar surface area (TPSA) is 55.7 Å². The van der Waals surface area contributed by atoms with Gasteiger partial charge in [-0.05, 0) is 62.7 Å². The van der Waals surface area contributed by atoms with Gasteiger partial charge < -0.3 is 9.47 Å². The van der Waals surface area contributed by atoms with Crippen LogP contribution in [0.4, 0.5) is 5.13 Å². The molecule has 3 aromatic rings. The van der Waals surface area contributed by atoms with Gasteiger partial charge in [0, 0.05) is 10.9 Å². The lowest BCUT2D eigenvalue weighted by molar-refractivity contribution is 0.131. The molecule has 0 atom stereocenters. The minimum atomic E-state index is -0.207. The smallest absolute Gasteiger partial charge is 0.203 e. The summed E-state index contributed by atoms with van der Waals surface area (Å²) in [5.74, 6) is 1.64.